The number of fused-ring (bicyclic) bond motifs is 1. The second-order valence-electron chi connectivity index (χ2n) is 8.24. The lowest BCUT2D eigenvalue weighted by atomic mass is 9.88. The largest absolute Gasteiger partial charge is 0.462 e. The molecule has 2 aromatic rings. The van der Waals surface area contributed by atoms with E-state index in [-0.39, 0.29) is 17.6 Å². The Bertz CT molecular complexity index is 999. The molecule has 0 aromatic carbocycles. The standard InChI is InChI=1S/C22H31N5O4S2/c1-4-27-21(26-8-10-30-11-9-26)24-25-22(27)32-13-17(28)23-19-18(20(29)31-5-2)15-7-6-14(3)12-16(15)33-19/h14H,4-13H2,1-3H3,(H,23,28). The van der Waals surface area contributed by atoms with Crippen LogP contribution in [0, 0.1) is 5.92 Å². The van der Waals surface area contributed by atoms with E-state index in [1.54, 1.807) is 6.92 Å². The van der Waals surface area contributed by atoms with E-state index in [1.807, 2.05) is 11.5 Å². The number of carbonyl (C=O) groups is 2. The fourth-order valence-electron chi connectivity index (χ4n) is 4.21. The van der Waals surface area contributed by atoms with E-state index in [0.29, 0.717) is 48.0 Å². The first-order valence-electron chi connectivity index (χ1n) is 11.5. The molecule has 1 aliphatic heterocycles. The van der Waals surface area contributed by atoms with Crippen molar-refractivity contribution in [2.75, 3.05) is 48.9 Å². The zero-order chi connectivity index (χ0) is 23.4. The molecule has 0 saturated carbocycles. The number of aromatic nitrogens is 3. The van der Waals surface area contributed by atoms with Crippen LogP contribution in [0.25, 0.3) is 0 Å². The Balaban J connectivity index is 1.45. The van der Waals surface area contributed by atoms with Crippen LogP contribution >= 0.6 is 23.1 Å². The van der Waals surface area contributed by atoms with Gasteiger partial charge in [0.25, 0.3) is 0 Å². The molecule has 2 aliphatic rings. The van der Waals surface area contributed by atoms with Gasteiger partial charge in [0.2, 0.25) is 11.9 Å². The van der Waals surface area contributed by atoms with Crippen molar-refractivity contribution in [3.05, 3.63) is 16.0 Å². The molecular weight excluding hydrogens is 462 g/mol. The number of hydrogen-bond acceptors (Lipinski definition) is 9. The summed E-state index contributed by atoms with van der Waals surface area (Å²) in [6, 6.07) is 0. The summed E-state index contributed by atoms with van der Waals surface area (Å²) in [5.41, 5.74) is 1.58. The topological polar surface area (TPSA) is 98.6 Å². The number of thiophene rings is 1. The summed E-state index contributed by atoms with van der Waals surface area (Å²) in [7, 11) is 0. The monoisotopic (exact) mass is 493 g/mol. The Morgan fingerprint density at radius 2 is 2.06 bits per heavy atom. The Morgan fingerprint density at radius 3 is 2.79 bits per heavy atom. The Kier molecular flexibility index (Phi) is 7.92. The van der Waals surface area contributed by atoms with Crippen LogP contribution in [0.3, 0.4) is 0 Å². The fourth-order valence-corrected chi connectivity index (χ4v) is 6.43. The molecule has 9 nitrogen and oxygen atoms in total. The summed E-state index contributed by atoms with van der Waals surface area (Å²) in [5, 5.41) is 12.9. The van der Waals surface area contributed by atoms with Crippen LogP contribution in [0.15, 0.2) is 5.16 Å². The number of amides is 1. The molecule has 33 heavy (non-hydrogen) atoms. The second kappa shape index (κ2) is 10.9. The molecule has 1 unspecified atom stereocenters. The van der Waals surface area contributed by atoms with Crippen molar-refractivity contribution in [1.29, 1.82) is 0 Å². The van der Waals surface area contributed by atoms with E-state index in [4.69, 9.17) is 9.47 Å². The smallest absolute Gasteiger partial charge is 0.341 e. The third-order valence-corrected chi connectivity index (χ3v) is 8.02. The van der Waals surface area contributed by atoms with Gasteiger partial charge in [-0.05, 0) is 44.6 Å². The van der Waals surface area contributed by atoms with Gasteiger partial charge in [0.15, 0.2) is 5.16 Å². The first-order chi connectivity index (χ1) is 16.0. The molecule has 1 atom stereocenters. The number of thioether (sulfide) groups is 1. The van der Waals surface area contributed by atoms with Gasteiger partial charge in [-0.3, -0.25) is 9.36 Å². The van der Waals surface area contributed by atoms with Crippen LogP contribution in [0.1, 0.15) is 48.0 Å². The van der Waals surface area contributed by atoms with E-state index in [0.717, 1.165) is 43.9 Å². The Hall–Kier alpha value is -2.11. The van der Waals surface area contributed by atoms with Gasteiger partial charge < -0.3 is 19.7 Å². The molecule has 1 saturated heterocycles. The van der Waals surface area contributed by atoms with Gasteiger partial charge in [-0.2, -0.15) is 0 Å². The lowest BCUT2D eigenvalue weighted by molar-refractivity contribution is -0.113. The molecular formula is C22H31N5O4S2. The summed E-state index contributed by atoms with van der Waals surface area (Å²) in [6.45, 7) is 9.98. The predicted molar refractivity (Wildman–Crippen MR) is 130 cm³/mol. The number of hydrogen-bond donors (Lipinski definition) is 1. The summed E-state index contributed by atoms with van der Waals surface area (Å²) >= 11 is 2.86. The summed E-state index contributed by atoms with van der Waals surface area (Å²) in [6.07, 6.45) is 2.81. The van der Waals surface area contributed by atoms with Crippen molar-refractivity contribution in [2.24, 2.45) is 5.92 Å². The molecule has 0 radical (unpaired) electrons. The van der Waals surface area contributed by atoms with Gasteiger partial charge >= 0.3 is 5.97 Å². The minimum Gasteiger partial charge on any atom is -0.462 e. The molecule has 1 N–H and O–H groups in total. The van der Waals surface area contributed by atoms with E-state index < -0.39 is 0 Å². The highest BCUT2D eigenvalue weighted by Gasteiger charge is 2.29. The summed E-state index contributed by atoms with van der Waals surface area (Å²) in [5.74, 6) is 1.05. The van der Waals surface area contributed by atoms with Crippen molar-refractivity contribution in [3.63, 3.8) is 0 Å². The summed E-state index contributed by atoms with van der Waals surface area (Å²) in [4.78, 5) is 28.9. The molecule has 1 amide bonds. The van der Waals surface area contributed by atoms with E-state index in [2.05, 4.69) is 27.3 Å². The zero-order valence-electron chi connectivity index (χ0n) is 19.4. The zero-order valence-corrected chi connectivity index (χ0v) is 21.0. The van der Waals surface area contributed by atoms with Crippen molar-refractivity contribution >= 4 is 45.9 Å². The Morgan fingerprint density at radius 1 is 1.27 bits per heavy atom. The maximum Gasteiger partial charge on any atom is 0.341 e. The van der Waals surface area contributed by atoms with Crippen molar-refractivity contribution in [2.45, 2.75) is 51.7 Å². The molecule has 2 aromatic heterocycles. The minimum absolute atomic E-state index is 0.171. The van der Waals surface area contributed by atoms with E-state index in [1.165, 1.54) is 28.0 Å². The van der Waals surface area contributed by atoms with Crippen LogP contribution in [0.5, 0.6) is 0 Å². The second-order valence-corrected chi connectivity index (χ2v) is 10.3. The van der Waals surface area contributed by atoms with Gasteiger partial charge in [-0.1, -0.05) is 18.7 Å². The lowest BCUT2D eigenvalue weighted by Crippen LogP contribution is -2.38. The van der Waals surface area contributed by atoms with Crippen LogP contribution in [0.4, 0.5) is 10.9 Å². The number of nitrogens with zero attached hydrogens (tertiary/aromatic N) is 4. The van der Waals surface area contributed by atoms with E-state index >= 15 is 0 Å². The van der Waals surface area contributed by atoms with Crippen molar-refractivity contribution in [1.82, 2.24) is 14.8 Å². The number of morpholine rings is 1. The molecule has 1 aliphatic carbocycles. The van der Waals surface area contributed by atoms with Gasteiger partial charge in [-0.15, -0.1) is 21.5 Å². The lowest BCUT2D eigenvalue weighted by Gasteiger charge is -2.27. The number of esters is 1. The third-order valence-electron chi connectivity index (χ3n) is 5.88. The number of carbonyl (C=O) groups excluding carboxylic acids is 2. The normalized spacial score (nSPS) is 18.2. The molecule has 0 spiro atoms. The minimum atomic E-state index is -0.353. The summed E-state index contributed by atoms with van der Waals surface area (Å²) < 4.78 is 12.7. The Labute approximate surface area is 202 Å². The van der Waals surface area contributed by atoms with Crippen LogP contribution in [-0.2, 0) is 33.7 Å². The molecule has 11 heteroatoms. The molecule has 3 heterocycles. The first kappa shape index (κ1) is 24.0. The molecule has 4 rings (SSSR count). The SMILES string of the molecule is CCOC(=O)c1c(NC(=O)CSc2nnc(N3CCOCC3)n2CC)sc2c1CCC(C)C2. The highest BCUT2D eigenvalue weighted by Crippen LogP contribution is 2.40. The number of ether oxygens (including phenoxy) is 2. The van der Waals surface area contributed by atoms with E-state index in [9.17, 15) is 9.59 Å². The maximum absolute atomic E-state index is 12.8. The van der Waals surface area contributed by atoms with Crippen LogP contribution in [-0.4, -0.2) is 65.3 Å². The molecule has 0 bridgehead atoms. The third kappa shape index (κ3) is 5.36. The highest BCUT2D eigenvalue weighted by atomic mass is 32.2. The van der Waals surface area contributed by atoms with Crippen LogP contribution < -0.4 is 10.2 Å². The van der Waals surface area contributed by atoms with Gasteiger partial charge in [0.05, 0.1) is 31.1 Å². The number of rotatable bonds is 8. The fraction of sp³-hybridized carbons (Fsp3) is 0.636. The van der Waals surface area contributed by atoms with Crippen molar-refractivity contribution < 1.29 is 19.1 Å². The average Bonchev–Trinajstić information content (AvgIpc) is 3.38. The van der Waals surface area contributed by atoms with Gasteiger partial charge in [0, 0.05) is 24.5 Å². The van der Waals surface area contributed by atoms with Gasteiger partial charge in [0.1, 0.15) is 5.00 Å². The predicted octanol–water partition coefficient (Wildman–Crippen LogP) is 3.23. The van der Waals surface area contributed by atoms with Crippen molar-refractivity contribution in [3.8, 4) is 0 Å². The van der Waals surface area contributed by atoms with Crippen LogP contribution in [0.2, 0.25) is 0 Å². The highest BCUT2D eigenvalue weighted by molar-refractivity contribution is 7.99. The quantitative estimate of drug-likeness (QED) is 0.442. The first-order valence-corrected chi connectivity index (χ1v) is 13.3. The molecule has 1 fully saturated rings. The number of anilines is 2. The number of nitrogens with one attached hydrogen (secondary N) is 1. The maximum atomic E-state index is 12.8. The molecule has 180 valence electrons. The average molecular weight is 494 g/mol. The van der Waals surface area contributed by atoms with Gasteiger partial charge in [-0.25, -0.2) is 4.79 Å².